The third kappa shape index (κ3) is 4.33. The number of methoxy groups -OCH3 is 1. The van der Waals surface area contributed by atoms with Gasteiger partial charge < -0.3 is 24.6 Å². The Balaban J connectivity index is 1.48. The SMILES string of the molecule is COc1cc2c(cc1O)/C(=N/OCc1cccc(OC(F)(F)F)c1)C[C@@H]1[C@@H]2CC[C@]2(C)/C(=N/O)CC[C@@]12C. The lowest BCUT2D eigenvalue weighted by molar-refractivity contribution is -0.274. The van der Waals surface area contributed by atoms with Gasteiger partial charge in [0.2, 0.25) is 0 Å². The number of aromatic hydroxyl groups is 1. The summed E-state index contributed by atoms with van der Waals surface area (Å²) in [4.78, 5) is 5.66. The van der Waals surface area contributed by atoms with Crippen LogP contribution in [0.4, 0.5) is 13.2 Å². The minimum Gasteiger partial charge on any atom is -0.504 e. The van der Waals surface area contributed by atoms with Crippen LogP contribution in [0.15, 0.2) is 46.7 Å². The Labute approximate surface area is 218 Å². The van der Waals surface area contributed by atoms with Crippen LogP contribution in [0.3, 0.4) is 0 Å². The number of hydrogen-bond donors (Lipinski definition) is 2. The Morgan fingerprint density at radius 2 is 1.92 bits per heavy atom. The first kappa shape index (κ1) is 26.2. The van der Waals surface area contributed by atoms with Gasteiger partial charge in [0.25, 0.3) is 0 Å². The molecule has 0 unspecified atom stereocenters. The molecular weight excluding hydrogens is 501 g/mol. The Morgan fingerprint density at radius 3 is 2.63 bits per heavy atom. The molecule has 5 rings (SSSR count). The second-order valence-corrected chi connectivity index (χ2v) is 10.9. The van der Waals surface area contributed by atoms with Crippen molar-refractivity contribution in [3.8, 4) is 17.2 Å². The molecule has 2 aromatic rings. The molecule has 2 N–H and O–H groups in total. The number of nitrogens with zero attached hydrogens (tertiary/aromatic N) is 2. The highest BCUT2D eigenvalue weighted by molar-refractivity contribution is 6.04. The fraction of sp³-hybridized carbons (Fsp3) is 0.500. The smallest absolute Gasteiger partial charge is 0.504 e. The van der Waals surface area contributed by atoms with E-state index in [2.05, 4.69) is 28.9 Å². The van der Waals surface area contributed by atoms with Crippen molar-refractivity contribution >= 4 is 11.4 Å². The van der Waals surface area contributed by atoms with Gasteiger partial charge in [-0.1, -0.05) is 36.3 Å². The monoisotopic (exact) mass is 532 g/mol. The van der Waals surface area contributed by atoms with E-state index in [9.17, 15) is 23.5 Å². The number of benzene rings is 2. The summed E-state index contributed by atoms with van der Waals surface area (Å²) in [5, 5.41) is 28.4. The average molecular weight is 533 g/mol. The summed E-state index contributed by atoms with van der Waals surface area (Å²) in [5.74, 6) is 0.426. The van der Waals surface area contributed by atoms with Crippen molar-refractivity contribution in [2.75, 3.05) is 7.11 Å². The van der Waals surface area contributed by atoms with E-state index in [1.807, 2.05) is 6.07 Å². The van der Waals surface area contributed by atoms with Crippen molar-refractivity contribution in [1.82, 2.24) is 0 Å². The Bertz CT molecular complexity index is 1290. The maximum Gasteiger partial charge on any atom is 0.573 e. The Morgan fingerprint density at radius 1 is 1.13 bits per heavy atom. The van der Waals surface area contributed by atoms with Crippen LogP contribution in [0.1, 0.15) is 68.6 Å². The van der Waals surface area contributed by atoms with E-state index in [0.717, 1.165) is 42.5 Å². The molecule has 0 saturated heterocycles. The van der Waals surface area contributed by atoms with Gasteiger partial charge >= 0.3 is 6.36 Å². The number of fused-ring (bicyclic) bond motifs is 5. The minimum atomic E-state index is -4.78. The second-order valence-electron chi connectivity index (χ2n) is 10.9. The Hall–Kier alpha value is -3.43. The molecule has 204 valence electrons. The average Bonchev–Trinajstić information content (AvgIpc) is 3.13. The molecule has 7 nitrogen and oxygen atoms in total. The van der Waals surface area contributed by atoms with Crippen LogP contribution in [0.25, 0.3) is 0 Å². The number of rotatable bonds is 5. The summed E-state index contributed by atoms with van der Waals surface area (Å²) >= 11 is 0. The number of phenols is 1. The summed E-state index contributed by atoms with van der Waals surface area (Å²) in [5.41, 5.74) is 3.37. The van der Waals surface area contributed by atoms with Crippen molar-refractivity contribution in [2.24, 2.45) is 27.1 Å². The number of ether oxygens (including phenoxy) is 2. The van der Waals surface area contributed by atoms with Crippen LogP contribution in [0.2, 0.25) is 0 Å². The number of halogens is 3. The second kappa shape index (κ2) is 9.39. The van der Waals surface area contributed by atoms with E-state index < -0.39 is 6.36 Å². The molecule has 2 aromatic carbocycles. The van der Waals surface area contributed by atoms with E-state index in [1.165, 1.54) is 25.3 Å². The predicted molar refractivity (Wildman–Crippen MR) is 134 cm³/mol. The molecule has 38 heavy (non-hydrogen) atoms. The Kier molecular flexibility index (Phi) is 6.47. The molecule has 0 aromatic heterocycles. The maximum atomic E-state index is 12.6. The normalized spacial score (nSPS) is 30.5. The lowest BCUT2D eigenvalue weighted by atomic mass is 9.48. The van der Waals surface area contributed by atoms with Gasteiger partial charge in [0, 0.05) is 11.0 Å². The zero-order valence-electron chi connectivity index (χ0n) is 21.5. The lowest BCUT2D eigenvalue weighted by Gasteiger charge is -2.55. The number of oxime groups is 2. The van der Waals surface area contributed by atoms with Gasteiger partial charge in [0.1, 0.15) is 12.4 Å². The van der Waals surface area contributed by atoms with Crippen molar-refractivity contribution in [3.05, 3.63) is 53.1 Å². The summed E-state index contributed by atoms with van der Waals surface area (Å²) < 4.78 is 47.2. The maximum absolute atomic E-state index is 12.6. The van der Waals surface area contributed by atoms with E-state index in [0.29, 0.717) is 23.4 Å². The number of phenolic OH excluding ortho intramolecular Hbond substituents is 1. The van der Waals surface area contributed by atoms with Crippen molar-refractivity contribution in [3.63, 3.8) is 0 Å². The van der Waals surface area contributed by atoms with Gasteiger partial charge in [-0.3, -0.25) is 0 Å². The van der Waals surface area contributed by atoms with Gasteiger partial charge in [-0.05, 0) is 84.7 Å². The van der Waals surface area contributed by atoms with Gasteiger partial charge in [0.15, 0.2) is 11.5 Å². The lowest BCUT2D eigenvalue weighted by Crippen LogP contribution is -2.50. The molecule has 2 fully saturated rings. The van der Waals surface area contributed by atoms with Crippen LogP contribution >= 0.6 is 0 Å². The van der Waals surface area contributed by atoms with Gasteiger partial charge in [-0.15, -0.1) is 13.2 Å². The summed E-state index contributed by atoms with van der Waals surface area (Å²) in [6.07, 6.45) is -0.808. The van der Waals surface area contributed by atoms with E-state index in [-0.39, 0.29) is 40.8 Å². The molecule has 3 aliphatic rings. The van der Waals surface area contributed by atoms with E-state index >= 15 is 0 Å². The van der Waals surface area contributed by atoms with E-state index in [4.69, 9.17) is 9.57 Å². The van der Waals surface area contributed by atoms with Crippen LogP contribution in [-0.2, 0) is 11.4 Å². The molecule has 0 radical (unpaired) electrons. The highest BCUT2D eigenvalue weighted by Gasteiger charge is 2.62. The molecule has 0 heterocycles. The van der Waals surface area contributed by atoms with E-state index in [1.54, 1.807) is 12.1 Å². The van der Waals surface area contributed by atoms with Crippen molar-refractivity contribution in [2.45, 2.75) is 64.8 Å². The predicted octanol–water partition coefficient (Wildman–Crippen LogP) is 6.75. The number of hydrogen-bond acceptors (Lipinski definition) is 7. The quantitative estimate of drug-likeness (QED) is 0.328. The summed E-state index contributed by atoms with van der Waals surface area (Å²) in [6, 6.07) is 9.10. The molecule has 0 amide bonds. The summed E-state index contributed by atoms with van der Waals surface area (Å²) in [6.45, 7) is 4.39. The first-order valence-corrected chi connectivity index (χ1v) is 12.7. The van der Waals surface area contributed by atoms with Crippen LogP contribution in [0.5, 0.6) is 17.2 Å². The largest absolute Gasteiger partial charge is 0.573 e. The molecule has 4 atom stereocenters. The molecule has 2 saturated carbocycles. The molecular formula is C28H31F3N2O5. The minimum absolute atomic E-state index is 0.00294. The highest BCUT2D eigenvalue weighted by atomic mass is 19.4. The molecule has 0 bridgehead atoms. The van der Waals surface area contributed by atoms with Crippen LogP contribution < -0.4 is 9.47 Å². The highest BCUT2D eigenvalue weighted by Crippen LogP contribution is 2.67. The van der Waals surface area contributed by atoms with Crippen LogP contribution in [-0.4, -0.2) is 35.2 Å². The topological polar surface area (TPSA) is 92.9 Å². The van der Waals surface area contributed by atoms with Gasteiger partial charge in [-0.2, -0.15) is 0 Å². The van der Waals surface area contributed by atoms with Crippen LogP contribution in [0, 0.1) is 16.7 Å². The molecule has 0 aliphatic heterocycles. The third-order valence-electron chi connectivity index (χ3n) is 9.17. The fourth-order valence-electron chi connectivity index (χ4n) is 7.00. The van der Waals surface area contributed by atoms with Gasteiger partial charge in [-0.25, -0.2) is 0 Å². The molecule has 0 spiro atoms. The molecule has 10 heteroatoms. The zero-order chi connectivity index (χ0) is 27.3. The van der Waals surface area contributed by atoms with Gasteiger partial charge in [0.05, 0.1) is 18.5 Å². The standard InChI is InChI=1S/C28H31F3N2O5/c1-26-10-8-25(32-35)27(26,2)9-7-18-19-13-24(36-3)23(34)12-20(19)22(14-21(18)26)33-37-15-16-5-4-6-17(11-16)38-28(29,30)31/h4-6,11-13,18,21,34-35H,7-10,14-15H2,1-3H3/b32-25+,33-22+/t18-,21-,26+,27-/m1/s1. The fourth-order valence-corrected chi connectivity index (χ4v) is 7.00. The zero-order valence-corrected chi connectivity index (χ0v) is 21.5. The third-order valence-corrected chi connectivity index (χ3v) is 9.17. The van der Waals surface area contributed by atoms with Crippen molar-refractivity contribution < 1.29 is 37.8 Å². The first-order valence-electron chi connectivity index (χ1n) is 12.7. The van der Waals surface area contributed by atoms with Crippen molar-refractivity contribution in [1.29, 1.82) is 0 Å². The molecule has 3 aliphatic carbocycles. The number of alkyl halides is 3. The first-order chi connectivity index (χ1) is 18.0. The summed E-state index contributed by atoms with van der Waals surface area (Å²) in [7, 11) is 1.51.